The Morgan fingerprint density at radius 1 is 1.31 bits per heavy atom. The molecule has 0 aliphatic carbocycles. The number of benzene rings is 1. The summed E-state index contributed by atoms with van der Waals surface area (Å²) >= 11 is 0. The number of furan rings is 1. The van der Waals surface area contributed by atoms with Gasteiger partial charge in [-0.3, -0.25) is 15.0 Å². The van der Waals surface area contributed by atoms with E-state index >= 15 is 0 Å². The number of nitro groups is 1. The minimum atomic E-state index is -0.347. The zero-order valence-corrected chi connectivity index (χ0v) is 14.3. The van der Waals surface area contributed by atoms with Gasteiger partial charge in [-0.1, -0.05) is 0 Å². The molecule has 2 aromatic heterocycles. The number of fused-ring (bicyclic) bond motifs is 1. The van der Waals surface area contributed by atoms with Crippen molar-refractivity contribution in [1.29, 1.82) is 0 Å². The number of aromatic nitrogens is 2. The molecule has 1 aromatic carbocycles. The fourth-order valence-electron chi connectivity index (χ4n) is 3.20. The van der Waals surface area contributed by atoms with Crippen LogP contribution in [0.15, 0.2) is 41.3 Å². The summed E-state index contributed by atoms with van der Waals surface area (Å²) in [5, 5.41) is 15.6. The summed E-state index contributed by atoms with van der Waals surface area (Å²) in [5.41, 5.74) is 1.31. The van der Waals surface area contributed by atoms with E-state index in [2.05, 4.69) is 15.3 Å². The number of anilines is 3. The maximum absolute atomic E-state index is 11.7. The van der Waals surface area contributed by atoms with Crippen molar-refractivity contribution in [3.8, 4) is 0 Å². The third kappa shape index (κ3) is 2.82. The highest BCUT2D eigenvalue weighted by Gasteiger charge is 2.24. The van der Waals surface area contributed by atoms with Gasteiger partial charge in [-0.05, 0) is 12.1 Å². The summed E-state index contributed by atoms with van der Waals surface area (Å²) in [4.78, 5) is 23.8. The summed E-state index contributed by atoms with van der Waals surface area (Å²) in [6.45, 7) is 3.03. The second-order valence-corrected chi connectivity index (χ2v) is 6.06. The van der Waals surface area contributed by atoms with Crippen LogP contribution in [0.3, 0.4) is 0 Å². The molecule has 3 heterocycles. The molecule has 0 amide bonds. The van der Waals surface area contributed by atoms with Crippen LogP contribution in [-0.2, 0) is 0 Å². The maximum atomic E-state index is 11.7. The zero-order chi connectivity index (χ0) is 18.1. The van der Waals surface area contributed by atoms with Crippen LogP contribution in [0.2, 0.25) is 0 Å². The molecular formula is C17H18N6O3. The van der Waals surface area contributed by atoms with E-state index in [4.69, 9.17) is 4.42 Å². The number of hydrogen-bond acceptors (Lipinski definition) is 8. The fourth-order valence-corrected chi connectivity index (χ4v) is 3.20. The number of nitro benzene ring substituents is 1. The van der Waals surface area contributed by atoms with E-state index in [1.165, 1.54) is 6.33 Å². The molecule has 0 spiro atoms. The highest BCUT2D eigenvalue weighted by atomic mass is 16.6. The zero-order valence-electron chi connectivity index (χ0n) is 14.3. The first-order valence-electron chi connectivity index (χ1n) is 8.31. The molecule has 0 saturated carbocycles. The molecule has 1 aliphatic heterocycles. The molecule has 0 radical (unpaired) electrons. The van der Waals surface area contributed by atoms with Crippen LogP contribution in [-0.4, -0.2) is 48.1 Å². The standard InChI is InChI=1S/C17H18N6O3/c1-21(16-3-2-8-26-16)17-12-9-15(23(24)25)14(10-13(12)19-11-20-17)22-6-4-18-5-7-22/h2-3,8-11,18H,4-7H2,1H3. The Kier molecular flexibility index (Phi) is 4.13. The molecule has 0 bridgehead atoms. The smallest absolute Gasteiger partial charge is 0.293 e. The van der Waals surface area contributed by atoms with Gasteiger partial charge in [0.25, 0.3) is 5.69 Å². The summed E-state index contributed by atoms with van der Waals surface area (Å²) in [6.07, 6.45) is 3.03. The molecule has 0 atom stereocenters. The van der Waals surface area contributed by atoms with Crippen LogP contribution in [0.5, 0.6) is 0 Å². The fraction of sp³-hybridized carbons (Fsp3) is 0.294. The molecule has 1 N–H and O–H groups in total. The van der Waals surface area contributed by atoms with Crippen molar-refractivity contribution in [1.82, 2.24) is 15.3 Å². The van der Waals surface area contributed by atoms with Crippen molar-refractivity contribution < 1.29 is 9.34 Å². The van der Waals surface area contributed by atoms with Gasteiger partial charge < -0.3 is 14.6 Å². The van der Waals surface area contributed by atoms with Crippen molar-refractivity contribution in [2.75, 3.05) is 43.0 Å². The van der Waals surface area contributed by atoms with Gasteiger partial charge in [0.1, 0.15) is 17.8 Å². The average molecular weight is 354 g/mol. The number of nitrogens with zero attached hydrogens (tertiary/aromatic N) is 5. The molecule has 1 saturated heterocycles. The molecular weight excluding hydrogens is 336 g/mol. The van der Waals surface area contributed by atoms with Gasteiger partial charge in [0, 0.05) is 45.4 Å². The van der Waals surface area contributed by atoms with E-state index in [-0.39, 0.29) is 10.6 Å². The summed E-state index contributed by atoms with van der Waals surface area (Å²) in [7, 11) is 1.80. The third-order valence-corrected chi connectivity index (χ3v) is 4.52. The first-order chi connectivity index (χ1) is 12.6. The lowest BCUT2D eigenvalue weighted by Gasteiger charge is -2.29. The van der Waals surface area contributed by atoms with E-state index < -0.39 is 0 Å². The van der Waals surface area contributed by atoms with Gasteiger partial charge in [-0.25, -0.2) is 9.97 Å². The van der Waals surface area contributed by atoms with Crippen LogP contribution in [0.4, 0.5) is 23.1 Å². The first kappa shape index (κ1) is 16.3. The Bertz CT molecular complexity index is 937. The Morgan fingerprint density at radius 3 is 2.81 bits per heavy atom. The molecule has 0 unspecified atom stereocenters. The van der Waals surface area contributed by atoms with Crippen LogP contribution in [0, 0.1) is 10.1 Å². The van der Waals surface area contributed by atoms with Crippen molar-refractivity contribution >= 4 is 34.0 Å². The van der Waals surface area contributed by atoms with Crippen molar-refractivity contribution in [2.24, 2.45) is 0 Å². The summed E-state index contributed by atoms with van der Waals surface area (Å²) < 4.78 is 5.41. The molecule has 4 rings (SSSR count). The Morgan fingerprint density at radius 2 is 2.12 bits per heavy atom. The normalized spacial score (nSPS) is 14.6. The molecule has 9 heteroatoms. The Hall–Kier alpha value is -3.20. The third-order valence-electron chi connectivity index (χ3n) is 4.52. The summed E-state index contributed by atoms with van der Waals surface area (Å²) in [5.74, 6) is 1.15. The average Bonchev–Trinajstić information content (AvgIpc) is 3.21. The van der Waals surface area contributed by atoms with Gasteiger partial charge in [0.2, 0.25) is 5.88 Å². The van der Waals surface area contributed by atoms with Gasteiger partial charge in [0.15, 0.2) is 0 Å². The molecule has 134 valence electrons. The van der Waals surface area contributed by atoms with Gasteiger partial charge >= 0.3 is 0 Å². The molecule has 1 fully saturated rings. The number of hydrogen-bond donors (Lipinski definition) is 1. The SMILES string of the molecule is CN(c1ccco1)c1ncnc2cc(N3CCNCC3)c([N+](=O)[O-])cc12. The predicted octanol–water partition coefficient (Wildman–Crippen LogP) is 2.31. The van der Waals surface area contributed by atoms with Crippen LogP contribution in [0.25, 0.3) is 10.9 Å². The van der Waals surface area contributed by atoms with E-state index in [1.54, 1.807) is 42.5 Å². The van der Waals surface area contributed by atoms with Crippen LogP contribution < -0.4 is 15.1 Å². The van der Waals surface area contributed by atoms with E-state index in [0.29, 0.717) is 28.3 Å². The van der Waals surface area contributed by atoms with E-state index in [9.17, 15) is 10.1 Å². The minimum absolute atomic E-state index is 0.0586. The number of nitrogens with one attached hydrogen (secondary N) is 1. The van der Waals surface area contributed by atoms with Crippen molar-refractivity contribution in [3.63, 3.8) is 0 Å². The van der Waals surface area contributed by atoms with Crippen LogP contribution >= 0.6 is 0 Å². The van der Waals surface area contributed by atoms with Crippen molar-refractivity contribution in [2.45, 2.75) is 0 Å². The van der Waals surface area contributed by atoms with E-state index in [0.717, 1.165) is 26.2 Å². The topological polar surface area (TPSA) is 101 Å². The number of rotatable bonds is 4. The molecule has 26 heavy (non-hydrogen) atoms. The molecule has 1 aliphatic rings. The lowest BCUT2D eigenvalue weighted by atomic mass is 10.1. The predicted molar refractivity (Wildman–Crippen MR) is 98.0 cm³/mol. The van der Waals surface area contributed by atoms with Gasteiger partial charge in [-0.2, -0.15) is 0 Å². The second-order valence-electron chi connectivity index (χ2n) is 6.06. The largest absolute Gasteiger partial charge is 0.448 e. The van der Waals surface area contributed by atoms with Gasteiger partial charge in [0.05, 0.1) is 22.1 Å². The van der Waals surface area contributed by atoms with Gasteiger partial charge in [-0.15, -0.1) is 0 Å². The monoisotopic (exact) mass is 354 g/mol. The molecule has 9 nitrogen and oxygen atoms in total. The highest BCUT2D eigenvalue weighted by molar-refractivity contribution is 5.96. The lowest BCUT2D eigenvalue weighted by molar-refractivity contribution is -0.384. The Balaban J connectivity index is 1.86. The maximum Gasteiger partial charge on any atom is 0.293 e. The van der Waals surface area contributed by atoms with E-state index in [1.807, 2.05) is 4.90 Å². The Labute approximate surface area is 149 Å². The van der Waals surface area contributed by atoms with Crippen LogP contribution in [0.1, 0.15) is 0 Å². The quantitative estimate of drug-likeness (QED) is 0.563. The van der Waals surface area contributed by atoms with Crippen molar-refractivity contribution in [3.05, 3.63) is 47.0 Å². The summed E-state index contributed by atoms with van der Waals surface area (Å²) in [6, 6.07) is 6.92. The molecule has 3 aromatic rings. The minimum Gasteiger partial charge on any atom is -0.448 e. The second kappa shape index (κ2) is 6.60. The highest BCUT2D eigenvalue weighted by Crippen LogP contribution is 2.36. The lowest BCUT2D eigenvalue weighted by Crippen LogP contribution is -2.43. The first-order valence-corrected chi connectivity index (χ1v) is 8.31. The number of piperazine rings is 1.